The number of piperazine rings is 1. The van der Waals surface area contributed by atoms with Crippen LogP contribution >= 0.6 is 11.8 Å². The van der Waals surface area contributed by atoms with Gasteiger partial charge in [0, 0.05) is 38.3 Å². The topological polar surface area (TPSA) is 88.3 Å². The van der Waals surface area contributed by atoms with Crippen molar-refractivity contribution >= 4 is 34.6 Å². The van der Waals surface area contributed by atoms with Gasteiger partial charge in [-0.2, -0.15) is 4.99 Å². The van der Waals surface area contributed by atoms with Gasteiger partial charge in [0.05, 0.1) is 9.83 Å². The van der Waals surface area contributed by atoms with E-state index >= 15 is 0 Å². The fraction of sp³-hybridized carbons (Fsp3) is 0.273. The van der Waals surface area contributed by atoms with Crippen LogP contribution in [0.1, 0.15) is 11.1 Å². The molecule has 1 amide bonds. The largest absolute Gasteiger partial charge is 0.489 e. The molecule has 0 aromatic heterocycles. The summed E-state index contributed by atoms with van der Waals surface area (Å²) in [6, 6.07) is 13.7. The number of non-ortho nitro benzene ring substituents is 1. The van der Waals surface area contributed by atoms with Gasteiger partial charge in [-0.15, -0.1) is 0 Å². The van der Waals surface area contributed by atoms with E-state index in [0.717, 1.165) is 42.5 Å². The highest BCUT2D eigenvalue weighted by Crippen LogP contribution is 2.31. The zero-order valence-electron chi connectivity index (χ0n) is 17.1. The third-order valence-corrected chi connectivity index (χ3v) is 6.16. The first-order valence-corrected chi connectivity index (χ1v) is 10.7. The van der Waals surface area contributed by atoms with E-state index in [1.54, 1.807) is 12.1 Å². The van der Waals surface area contributed by atoms with Gasteiger partial charge in [-0.3, -0.25) is 14.9 Å². The summed E-state index contributed by atoms with van der Waals surface area (Å²) in [7, 11) is 2.09. The minimum absolute atomic E-state index is 0.0558. The predicted molar refractivity (Wildman–Crippen MR) is 121 cm³/mol. The number of benzene rings is 2. The molecule has 0 atom stereocenters. The second kappa shape index (κ2) is 9.32. The van der Waals surface area contributed by atoms with Crippen LogP contribution in [0.5, 0.6) is 5.75 Å². The molecule has 31 heavy (non-hydrogen) atoms. The standard InChI is InChI=1S/C22H22N4O4S/c1-24-10-12-25(13-11-24)22-23-21(27)20(31-22)14-16-4-8-19(9-5-16)30-15-17-2-6-18(7-3-17)26(28)29/h2-9,14H,10-13,15H2,1H3/b20-14+. The van der Waals surface area contributed by atoms with Gasteiger partial charge in [0.1, 0.15) is 12.4 Å². The number of carbonyl (C=O) groups excluding carboxylic acids is 1. The number of carbonyl (C=O) groups is 1. The Morgan fingerprint density at radius 1 is 1.10 bits per heavy atom. The van der Waals surface area contributed by atoms with Gasteiger partial charge in [0.15, 0.2) is 5.17 Å². The fourth-order valence-corrected chi connectivity index (χ4v) is 4.19. The second-order valence-corrected chi connectivity index (χ2v) is 8.39. The molecule has 2 aromatic rings. The Kier molecular flexibility index (Phi) is 6.34. The van der Waals surface area contributed by atoms with Crippen LogP contribution in [-0.4, -0.2) is 59.0 Å². The molecule has 0 radical (unpaired) electrons. The molecule has 0 saturated carbocycles. The summed E-state index contributed by atoms with van der Waals surface area (Å²) in [4.78, 5) is 31.9. The molecule has 2 aromatic carbocycles. The number of rotatable bonds is 5. The van der Waals surface area contributed by atoms with E-state index in [1.807, 2.05) is 30.3 Å². The average Bonchev–Trinajstić information content (AvgIpc) is 3.14. The molecular weight excluding hydrogens is 416 g/mol. The number of nitrogens with zero attached hydrogens (tertiary/aromatic N) is 4. The maximum Gasteiger partial charge on any atom is 0.286 e. The highest BCUT2D eigenvalue weighted by molar-refractivity contribution is 8.18. The van der Waals surface area contributed by atoms with Crippen LogP contribution < -0.4 is 4.74 Å². The van der Waals surface area contributed by atoms with Crippen molar-refractivity contribution in [1.82, 2.24) is 9.80 Å². The van der Waals surface area contributed by atoms with E-state index in [4.69, 9.17) is 4.74 Å². The monoisotopic (exact) mass is 438 g/mol. The number of thioether (sulfide) groups is 1. The van der Waals surface area contributed by atoms with Gasteiger partial charge in [-0.05, 0) is 60.3 Å². The quantitative estimate of drug-likeness (QED) is 0.402. The average molecular weight is 439 g/mol. The maximum atomic E-state index is 12.3. The first-order chi connectivity index (χ1) is 15.0. The molecule has 2 heterocycles. The summed E-state index contributed by atoms with van der Waals surface area (Å²) in [6.45, 7) is 4.00. The summed E-state index contributed by atoms with van der Waals surface area (Å²) in [5.74, 6) is 0.484. The third kappa shape index (κ3) is 5.31. The van der Waals surface area contributed by atoms with Crippen molar-refractivity contribution in [3.8, 4) is 5.75 Å². The number of hydrogen-bond donors (Lipinski definition) is 0. The second-order valence-electron chi connectivity index (χ2n) is 7.38. The van der Waals surface area contributed by atoms with Gasteiger partial charge < -0.3 is 14.5 Å². The van der Waals surface area contributed by atoms with E-state index in [1.165, 1.54) is 23.9 Å². The smallest absolute Gasteiger partial charge is 0.286 e. The molecule has 2 aliphatic rings. The molecule has 0 aliphatic carbocycles. The van der Waals surface area contributed by atoms with Crippen LogP contribution in [0.25, 0.3) is 6.08 Å². The SMILES string of the molecule is CN1CCN(C2=NC(=O)/C(=C\c3ccc(OCc4ccc([N+](=O)[O-])cc4)cc3)S2)CC1. The van der Waals surface area contributed by atoms with Crippen molar-refractivity contribution in [1.29, 1.82) is 0 Å². The molecule has 4 rings (SSSR count). The Labute approximate surface area is 184 Å². The summed E-state index contributed by atoms with van der Waals surface area (Å²) in [5.41, 5.74) is 1.80. The lowest BCUT2D eigenvalue weighted by molar-refractivity contribution is -0.384. The molecule has 9 heteroatoms. The van der Waals surface area contributed by atoms with E-state index in [2.05, 4.69) is 21.8 Å². The molecule has 0 N–H and O–H groups in total. The van der Waals surface area contributed by atoms with Crippen LogP contribution in [0.3, 0.4) is 0 Å². The van der Waals surface area contributed by atoms with Gasteiger partial charge in [-0.1, -0.05) is 12.1 Å². The molecule has 0 unspecified atom stereocenters. The lowest BCUT2D eigenvalue weighted by atomic mass is 10.2. The highest BCUT2D eigenvalue weighted by atomic mass is 32.2. The lowest BCUT2D eigenvalue weighted by Gasteiger charge is -2.32. The number of aliphatic imine (C=N–C) groups is 1. The summed E-state index contributed by atoms with van der Waals surface area (Å²) < 4.78 is 5.75. The van der Waals surface area contributed by atoms with Crippen molar-refractivity contribution < 1.29 is 14.5 Å². The van der Waals surface area contributed by atoms with E-state index < -0.39 is 4.92 Å². The number of nitro benzene ring substituents is 1. The number of likely N-dealkylation sites (N-methyl/N-ethyl adjacent to an activating group) is 1. The Hall–Kier alpha value is -3.17. The van der Waals surface area contributed by atoms with Crippen molar-refractivity contribution in [2.75, 3.05) is 33.2 Å². The number of nitro groups is 1. The lowest BCUT2D eigenvalue weighted by Crippen LogP contribution is -2.46. The van der Waals surface area contributed by atoms with Crippen LogP contribution in [0.4, 0.5) is 5.69 Å². The van der Waals surface area contributed by atoms with Gasteiger partial charge in [-0.25, -0.2) is 0 Å². The minimum atomic E-state index is -0.426. The summed E-state index contributed by atoms with van der Waals surface area (Å²) in [5, 5.41) is 11.5. The first kappa shape index (κ1) is 21.1. The summed E-state index contributed by atoms with van der Waals surface area (Å²) in [6.07, 6.45) is 1.85. The van der Waals surface area contributed by atoms with Crippen LogP contribution in [-0.2, 0) is 11.4 Å². The molecule has 0 bridgehead atoms. The van der Waals surface area contributed by atoms with E-state index in [-0.39, 0.29) is 11.6 Å². The van der Waals surface area contributed by atoms with E-state index in [0.29, 0.717) is 17.3 Å². The molecule has 160 valence electrons. The predicted octanol–water partition coefficient (Wildman–Crippen LogP) is 3.39. The van der Waals surface area contributed by atoms with Gasteiger partial charge in [0.2, 0.25) is 0 Å². The van der Waals surface area contributed by atoms with Crippen LogP contribution in [0.2, 0.25) is 0 Å². The fourth-order valence-electron chi connectivity index (χ4n) is 3.22. The van der Waals surface area contributed by atoms with Crippen molar-refractivity contribution in [2.24, 2.45) is 4.99 Å². The van der Waals surface area contributed by atoms with E-state index in [9.17, 15) is 14.9 Å². The van der Waals surface area contributed by atoms with Crippen LogP contribution in [0.15, 0.2) is 58.4 Å². The van der Waals surface area contributed by atoms with Crippen molar-refractivity contribution in [3.63, 3.8) is 0 Å². The zero-order valence-corrected chi connectivity index (χ0v) is 17.9. The number of amidine groups is 1. The molecule has 1 fully saturated rings. The Bertz CT molecular complexity index is 1030. The normalized spacial score (nSPS) is 18.4. The Morgan fingerprint density at radius 3 is 2.42 bits per heavy atom. The van der Waals surface area contributed by atoms with Crippen LogP contribution in [0, 0.1) is 10.1 Å². The molecule has 0 spiro atoms. The maximum absolute atomic E-state index is 12.3. The molecule has 8 nitrogen and oxygen atoms in total. The molecular formula is C22H22N4O4S. The third-order valence-electron chi connectivity index (χ3n) is 5.11. The highest BCUT2D eigenvalue weighted by Gasteiger charge is 2.27. The Balaban J connectivity index is 1.33. The molecule has 1 saturated heterocycles. The van der Waals surface area contributed by atoms with Crippen molar-refractivity contribution in [3.05, 3.63) is 74.7 Å². The molecule has 2 aliphatic heterocycles. The van der Waals surface area contributed by atoms with Gasteiger partial charge in [0.25, 0.3) is 11.6 Å². The Morgan fingerprint density at radius 2 is 1.77 bits per heavy atom. The van der Waals surface area contributed by atoms with Crippen molar-refractivity contribution in [2.45, 2.75) is 6.61 Å². The number of amides is 1. The number of hydrogen-bond acceptors (Lipinski definition) is 7. The number of ether oxygens (including phenoxy) is 1. The van der Waals surface area contributed by atoms with Gasteiger partial charge >= 0.3 is 0 Å². The first-order valence-electron chi connectivity index (χ1n) is 9.90. The zero-order chi connectivity index (χ0) is 21.8. The summed E-state index contributed by atoms with van der Waals surface area (Å²) >= 11 is 1.43. The minimum Gasteiger partial charge on any atom is -0.489 e.